The third kappa shape index (κ3) is 2.21. The van der Waals surface area contributed by atoms with E-state index in [1.807, 2.05) is 0 Å². The van der Waals surface area contributed by atoms with Crippen molar-refractivity contribution in [3.8, 4) is 0 Å². The first-order valence-corrected chi connectivity index (χ1v) is 6.39. The molecule has 88 valence electrons. The zero-order valence-electron chi connectivity index (χ0n) is 8.67. The Morgan fingerprint density at radius 2 is 2.12 bits per heavy atom. The second kappa shape index (κ2) is 4.07. The molecule has 1 N–H and O–H groups in total. The quantitative estimate of drug-likeness (QED) is 0.857. The van der Waals surface area contributed by atoms with E-state index in [9.17, 15) is 4.39 Å². The molecule has 1 aliphatic carbocycles. The molecule has 1 fully saturated rings. The van der Waals surface area contributed by atoms with Gasteiger partial charge in [0.2, 0.25) is 5.28 Å². The molecular weight excluding hydrogens is 308 g/mol. The third-order valence-electron chi connectivity index (χ3n) is 2.63. The summed E-state index contributed by atoms with van der Waals surface area (Å²) in [7, 11) is 0. The van der Waals surface area contributed by atoms with Gasteiger partial charge < -0.3 is 5.32 Å². The van der Waals surface area contributed by atoms with Crippen LogP contribution in [-0.4, -0.2) is 16.0 Å². The minimum absolute atomic E-state index is 0.127. The Labute approximate surface area is 111 Å². The lowest BCUT2D eigenvalue weighted by molar-refractivity contribution is 0.623. The number of rotatable bonds is 2. The fourth-order valence-corrected chi connectivity index (χ4v) is 2.15. The highest BCUT2D eigenvalue weighted by molar-refractivity contribution is 9.10. The van der Waals surface area contributed by atoms with Crippen molar-refractivity contribution >= 4 is 44.3 Å². The van der Waals surface area contributed by atoms with Crippen molar-refractivity contribution in [3.63, 3.8) is 0 Å². The number of nitrogens with zero attached hydrogens (tertiary/aromatic N) is 2. The van der Waals surface area contributed by atoms with E-state index in [4.69, 9.17) is 11.6 Å². The maximum absolute atomic E-state index is 13.4. The van der Waals surface area contributed by atoms with E-state index in [1.165, 1.54) is 6.07 Å². The zero-order chi connectivity index (χ0) is 12.0. The maximum atomic E-state index is 13.4. The normalized spacial score (nSPS) is 15.2. The van der Waals surface area contributed by atoms with Crippen LogP contribution in [0.3, 0.4) is 0 Å². The van der Waals surface area contributed by atoms with Crippen LogP contribution in [0.4, 0.5) is 10.2 Å². The maximum Gasteiger partial charge on any atom is 0.224 e. The van der Waals surface area contributed by atoms with Crippen LogP contribution in [0.25, 0.3) is 10.9 Å². The van der Waals surface area contributed by atoms with Crippen molar-refractivity contribution in [2.24, 2.45) is 0 Å². The summed E-state index contributed by atoms with van der Waals surface area (Å²) in [5.41, 5.74) is 0.508. The van der Waals surface area contributed by atoms with E-state index in [1.54, 1.807) is 6.07 Å². The van der Waals surface area contributed by atoms with Gasteiger partial charge in [-0.1, -0.05) is 0 Å². The van der Waals surface area contributed by atoms with E-state index >= 15 is 0 Å². The van der Waals surface area contributed by atoms with Crippen molar-refractivity contribution in [1.82, 2.24) is 9.97 Å². The molecule has 0 radical (unpaired) electrons. The number of hydrogen-bond donors (Lipinski definition) is 1. The number of fused-ring (bicyclic) bond motifs is 1. The smallest absolute Gasteiger partial charge is 0.224 e. The molecule has 0 atom stereocenters. The number of halogens is 3. The van der Waals surface area contributed by atoms with Crippen LogP contribution in [0.1, 0.15) is 12.8 Å². The highest BCUT2D eigenvalue weighted by Gasteiger charge is 2.23. The van der Waals surface area contributed by atoms with Crippen LogP contribution in [-0.2, 0) is 0 Å². The second-order valence-corrected chi connectivity index (χ2v) is 5.24. The van der Waals surface area contributed by atoms with E-state index in [-0.39, 0.29) is 11.1 Å². The molecule has 1 aromatic heterocycles. The fraction of sp³-hybridized carbons (Fsp3) is 0.273. The Morgan fingerprint density at radius 1 is 1.35 bits per heavy atom. The average Bonchev–Trinajstić information content (AvgIpc) is 3.05. The monoisotopic (exact) mass is 315 g/mol. The number of benzene rings is 1. The highest BCUT2D eigenvalue weighted by atomic mass is 79.9. The predicted molar refractivity (Wildman–Crippen MR) is 68.9 cm³/mol. The first-order chi connectivity index (χ1) is 8.13. The van der Waals surface area contributed by atoms with E-state index in [0.29, 0.717) is 21.8 Å². The summed E-state index contributed by atoms with van der Waals surface area (Å²) in [6.45, 7) is 0. The van der Waals surface area contributed by atoms with Crippen LogP contribution in [0.15, 0.2) is 16.6 Å². The summed E-state index contributed by atoms with van der Waals surface area (Å²) in [5.74, 6) is 0.313. The molecule has 1 aliphatic rings. The molecule has 17 heavy (non-hydrogen) atoms. The summed E-state index contributed by atoms with van der Waals surface area (Å²) >= 11 is 8.98. The zero-order valence-corrected chi connectivity index (χ0v) is 11.0. The van der Waals surface area contributed by atoms with Gasteiger partial charge in [0.15, 0.2) is 0 Å². The molecule has 3 rings (SSSR count). The predicted octanol–water partition coefficient (Wildman–Crippen LogP) is 3.76. The molecule has 6 heteroatoms. The molecule has 1 heterocycles. The molecule has 0 unspecified atom stereocenters. The standard InChI is InChI=1S/C11H8BrClFN3/c12-7-3-6-9(4-8(7)14)16-11(13)17-10(6)15-5-1-2-5/h3-5H,1-2H2,(H,15,16,17). The number of nitrogens with one attached hydrogen (secondary N) is 1. The second-order valence-electron chi connectivity index (χ2n) is 4.04. The van der Waals surface area contributed by atoms with Crippen LogP contribution in [0, 0.1) is 5.82 Å². The SMILES string of the molecule is Fc1cc2nc(Cl)nc(NC3CC3)c2cc1Br. The van der Waals surface area contributed by atoms with Crippen molar-refractivity contribution in [1.29, 1.82) is 0 Å². The summed E-state index contributed by atoms with van der Waals surface area (Å²) in [4.78, 5) is 8.17. The molecule has 2 aromatic rings. The molecule has 0 amide bonds. The van der Waals surface area contributed by atoms with Crippen LogP contribution in [0.5, 0.6) is 0 Å². The van der Waals surface area contributed by atoms with Gasteiger partial charge in [0.05, 0.1) is 9.99 Å². The average molecular weight is 317 g/mol. The fourth-order valence-electron chi connectivity index (χ4n) is 1.63. The Kier molecular flexibility index (Phi) is 2.67. The molecule has 0 saturated heterocycles. The number of anilines is 1. The minimum Gasteiger partial charge on any atom is -0.367 e. The van der Waals surface area contributed by atoms with Gasteiger partial charge in [-0.2, -0.15) is 0 Å². The van der Waals surface area contributed by atoms with Gasteiger partial charge in [-0.25, -0.2) is 14.4 Å². The van der Waals surface area contributed by atoms with Gasteiger partial charge in [-0.05, 0) is 46.4 Å². The number of aromatic nitrogens is 2. The molecule has 0 aliphatic heterocycles. The third-order valence-corrected chi connectivity index (χ3v) is 3.41. The molecule has 1 aromatic carbocycles. The lowest BCUT2D eigenvalue weighted by Crippen LogP contribution is -2.05. The van der Waals surface area contributed by atoms with E-state index < -0.39 is 0 Å². The largest absolute Gasteiger partial charge is 0.367 e. The van der Waals surface area contributed by atoms with Crippen LogP contribution >= 0.6 is 27.5 Å². The van der Waals surface area contributed by atoms with Crippen molar-refractivity contribution < 1.29 is 4.39 Å². The molecule has 3 nitrogen and oxygen atoms in total. The Balaban J connectivity index is 2.20. The summed E-state index contributed by atoms with van der Waals surface area (Å²) < 4.78 is 13.8. The van der Waals surface area contributed by atoms with Gasteiger partial charge in [0, 0.05) is 17.5 Å². The van der Waals surface area contributed by atoms with Gasteiger partial charge in [-0.3, -0.25) is 0 Å². The van der Waals surface area contributed by atoms with E-state index in [2.05, 4.69) is 31.2 Å². The minimum atomic E-state index is -0.357. The van der Waals surface area contributed by atoms with Gasteiger partial charge in [0.1, 0.15) is 11.6 Å². The Bertz CT molecular complexity index is 601. The lowest BCUT2D eigenvalue weighted by Gasteiger charge is -2.08. The molecular formula is C11H8BrClFN3. The Hall–Kier alpha value is -0.940. The summed E-state index contributed by atoms with van der Waals surface area (Å²) in [5, 5.41) is 4.17. The summed E-state index contributed by atoms with van der Waals surface area (Å²) in [6.07, 6.45) is 2.26. The van der Waals surface area contributed by atoms with Crippen LogP contribution < -0.4 is 5.32 Å². The van der Waals surface area contributed by atoms with Gasteiger partial charge >= 0.3 is 0 Å². The lowest BCUT2D eigenvalue weighted by atomic mass is 10.2. The molecule has 0 spiro atoms. The topological polar surface area (TPSA) is 37.8 Å². The first-order valence-electron chi connectivity index (χ1n) is 5.22. The number of hydrogen-bond acceptors (Lipinski definition) is 3. The highest BCUT2D eigenvalue weighted by Crippen LogP contribution is 2.31. The van der Waals surface area contributed by atoms with E-state index in [0.717, 1.165) is 18.2 Å². The van der Waals surface area contributed by atoms with Gasteiger partial charge in [0.25, 0.3) is 0 Å². The molecule has 1 saturated carbocycles. The van der Waals surface area contributed by atoms with Gasteiger partial charge in [-0.15, -0.1) is 0 Å². The summed E-state index contributed by atoms with van der Waals surface area (Å²) in [6, 6.07) is 3.48. The molecule has 0 bridgehead atoms. The van der Waals surface area contributed by atoms with Crippen LogP contribution in [0.2, 0.25) is 5.28 Å². The van der Waals surface area contributed by atoms with Crippen molar-refractivity contribution in [3.05, 3.63) is 27.7 Å². The Morgan fingerprint density at radius 3 is 2.82 bits per heavy atom. The first kappa shape index (κ1) is 11.2. The van der Waals surface area contributed by atoms with Crippen molar-refractivity contribution in [2.45, 2.75) is 18.9 Å². The van der Waals surface area contributed by atoms with Crippen molar-refractivity contribution in [2.75, 3.05) is 5.32 Å².